The van der Waals surface area contributed by atoms with Gasteiger partial charge in [-0.2, -0.15) is 0 Å². The lowest BCUT2D eigenvalue weighted by Crippen LogP contribution is -2.40. The maximum Gasteiger partial charge on any atom is 0.0942 e. The largest absolute Gasteiger partial charge is 0.369 e. The van der Waals surface area contributed by atoms with Gasteiger partial charge in [-0.25, -0.2) is 0 Å². The van der Waals surface area contributed by atoms with Gasteiger partial charge in [-0.1, -0.05) is 195 Å². The van der Waals surface area contributed by atoms with E-state index in [1.54, 1.807) is 0 Å². The second kappa shape index (κ2) is 26.7. The molecule has 0 amide bonds. The van der Waals surface area contributed by atoms with E-state index in [2.05, 4.69) is 209 Å². The summed E-state index contributed by atoms with van der Waals surface area (Å²) >= 11 is 0. The van der Waals surface area contributed by atoms with E-state index in [0.717, 1.165) is 11.8 Å². The molecule has 0 aliphatic heterocycles. The van der Waals surface area contributed by atoms with Gasteiger partial charge in [0.25, 0.3) is 0 Å². The highest BCUT2D eigenvalue weighted by Crippen LogP contribution is 2.30. The Balaban J connectivity index is -0.000000190. The zero-order valence-corrected chi connectivity index (χ0v) is 42.9. The van der Waals surface area contributed by atoms with Gasteiger partial charge < -0.3 is 5.32 Å². The lowest BCUT2D eigenvalue weighted by atomic mass is 9.80. The number of unbranched alkanes of at least 4 members (excludes halogenated alkanes) is 2. The van der Waals surface area contributed by atoms with Gasteiger partial charge in [-0.15, -0.1) is 0 Å². The van der Waals surface area contributed by atoms with Crippen LogP contribution in [0.3, 0.4) is 0 Å². The molecule has 0 saturated carbocycles. The third kappa shape index (κ3) is 72.8. The highest BCUT2D eigenvalue weighted by molar-refractivity contribution is 5.80. The summed E-state index contributed by atoms with van der Waals surface area (Å²) in [4.78, 5) is 4.50. The summed E-state index contributed by atoms with van der Waals surface area (Å²) in [7, 11) is 0. The zero-order chi connectivity index (χ0) is 43.9. The smallest absolute Gasteiger partial charge is 0.0942 e. The summed E-state index contributed by atoms with van der Waals surface area (Å²) in [6.45, 7) is 64.5. The Labute approximate surface area is 340 Å². The number of aliphatic imine (C=N–C) groups is 1. The molecular weight excluding hydrogens is 641 g/mol. The van der Waals surface area contributed by atoms with Crippen LogP contribution in [0.25, 0.3) is 0 Å². The molecule has 2 nitrogen and oxygen atoms in total. The minimum atomic E-state index is 0.0162. The van der Waals surface area contributed by atoms with Crippen LogP contribution in [-0.4, -0.2) is 16.9 Å². The molecule has 0 heterocycles. The number of nitrogens with zero attached hydrogens (tertiary/aromatic N) is 1. The van der Waals surface area contributed by atoms with Gasteiger partial charge in [0.2, 0.25) is 0 Å². The van der Waals surface area contributed by atoms with Crippen molar-refractivity contribution in [3.05, 3.63) is 23.8 Å². The molecule has 0 saturated heterocycles. The molecule has 1 N–H and O–H groups in total. The highest BCUT2D eigenvalue weighted by atomic mass is 15.1. The van der Waals surface area contributed by atoms with Gasteiger partial charge in [0.15, 0.2) is 0 Å². The number of rotatable bonds is 8. The van der Waals surface area contributed by atoms with Crippen molar-refractivity contribution in [2.45, 2.75) is 263 Å². The molecule has 0 bridgehead atoms. The maximum absolute atomic E-state index is 4.50. The quantitative estimate of drug-likeness (QED) is 0.114. The predicted molar refractivity (Wildman–Crippen MR) is 253 cm³/mol. The number of hydrogen-bond donors (Lipinski definition) is 1. The Kier molecular flexibility index (Phi) is 30.9. The third-order valence-corrected chi connectivity index (χ3v) is 7.27. The minimum Gasteiger partial charge on any atom is -0.369 e. The number of amidine groups is 1. The molecule has 0 rings (SSSR count). The van der Waals surface area contributed by atoms with Crippen molar-refractivity contribution in [3.63, 3.8) is 0 Å². The molecule has 0 fully saturated rings. The molecule has 0 aromatic rings. The van der Waals surface area contributed by atoms with Crippen LogP contribution in [0.2, 0.25) is 0 Å². The predicted octanol–water partition coefficient (Wildman–Crippen LogP) is 18.1. The highest BCUT2D eigenvalue weighted by Gasteiger charge is 2.18. The van der Waals surface area contributed by atoms with Gasteiger partial charge in [0, 0.05) is 5.54 Å². The van der Waals surface area contributed by atoms with E-state index in [0.29, 0.717) is 21.7 Å². The Bertz CT molecular complexity index is 931. The standard InChI is InChI=1S/C13H28.C13H24.C13H28.C10H22N2.C2H6/c2*1-11(10-13(5,6)7)8-9-12(2,3)4;1-12(2,3)10-8-7-9-11-13(4,5)6;1-8(11-9(2,3)4)12-10(5,6)7;1-2/h11H,8-10H2,1-7H3;8-10H,1-7H3;7-11H2,1-6H3;1-7H3,(H,11,12);1-2H3/b;9-8-,11-10-;;;. The van der Waals surface area contributed by atoms with Crippen LogP contribution >= 0.6 is 0 Å². The van der Waals surface area contributed by atoms with Gasteiger partial charge in [-0.3, -0.25) is 4.99 Å². The second-order valence-electron chi connectivity index (χ2n) is 24.8. The molecule has 2 heteroatoms. The van der Waals surface area contributed by atoms with E-state index >= 15 is 0 Å². The van der Waals surface area contributed by atoms with Crippen LogP contribution in [0, 0.1) is 38.4 Å². The SMILES string of the molecule is CC.CC(/C=C\C(C)(C)C)=C/C(C)(C)C.CC(=NC(C)(C)C)NC(C)(C)C.CC(C)(C)CCCCCC(C)(C)C.CC(CCC(C)(C)C)CC(C)(C)C. The number of hydrogen-bond acceptors (Lipinski definition) is 1. The normalized spacial score (nSPS) is 14.4. The average Bonchev–Trinajstić information content (AvgIpc) is 2.82. The summed E-state index contributed by atoms with van der Waals surface area (Å²) in [6, 6.07) is 0. The Morgan fingerprint density at radius 3 is 1.17 bits per heavy atom. The molecule has 53 heavy (non-hydrogen) atoms. The summed E-state index contributed by atoms with van der Waals surface area (Å²) < 4.78 is 0. The average molecular weight is 749 g/mol. The summed E-state index contributed by atoms with van der Waals surface area (Å²) in [5.74, 6) is 1.88. The Morgan fingerprint density at radius 1 is 0.528 bits per heavy atom. The molecule has 0 aromatic heterocycles. The second-order valence-corrected chi connectivity index (χ2v) is 24.8. The third-order valence-electron chi connectivity index (χ3n) is 7.27. The maximum atomic E-state index is 4.50. The first-order valence-electron chi connectivity index (χ1n) is 21.7. The first-order chi connectivity index (χ1) is 23.0. The lowest BCUT2D eigenvalue weighted by Gasteiger charge is -2.26. The molecule has 0 spiro atoms. The molecular formula is C51H108N2. The van der Waals surface area contributed by atoms with Crippen LogP contribution < -0.4 is 5.32 Å². The molecule has 0 aliphatic carbocycles. The van der Waals surface area contributed by atoms with Crippen molar-refractivity contribution in [3.8, 4) is 0 Å². The van der Waals surface area contributed by atoms with Crippen molar-refractivity contribution in [1.29, 1.82) is 0 Å². The van der Waals surface area contributed by atoms with Crippen LogP contribution in [0.1, 0.15) is 252 Å². The zero-order valence-electron chi connectivity index (χ0n) is 42.9. The first-order valence-corrected chi connectivity index (χ1v) is 21.7. The van der Waals surface area contributed by atoms with Crippen molar-refractivity contribution >= 4 is 5.84 Å². The summed E-state index contributed by atoms with van der Waals surface area (Å²) in [6.07, 6.45) is 17.8. The molecule has 322 valence electrons. The van der Waals surface area contributed by atoms with Gasteiger partial charge >= 0.3 is 0 Å². The summed E-state index contributed by atoms with van der Waals surface area (Å²) in [5.41, 5.74) is 4.11. The number of allylic oxidation sites excluding steroid dienone is 4. The fourth-order valence-electron chi connectivity index (χ4n) is 5.50. The van der Waals surface area contributed by atoms with Gasteiger partial charge in [0.05, 0.1) is 11.4 Å². The van der Waals surface area contributed by atoms with E-state index in [1.807, 2.05) is 20.8 Å². The molecule has 1 atom stereocenters. The fraction of sp³-hybridized carbons (Fsp3) is 0.902. The topological polar surface area (TPSA) is 24.4 Å². The van der Waals surface area contributed by atoms with E-state index in [-0.39, 0.29) is 21.9 Å². The number of nitrogens with one attached hydrogen (secondary N) is 1. The van der Waals surface area contributed by atoms with Gasteiger partial charge in [-0.05, 0) is 119 Å². The monoisotopic (exact) mass is 749 g/mol. The molecule has 0 aromatic carbocycles. The van der Waals surface area contributed by atoms with E-state index < -0.39 is 0 Å². The van der Waals surface area contributed by atoms with Crippen molar-refractivity contribution in [2.24, 2.45) is 43.4 Å². The van der Waals surface area contributed by atoms with Gasteiger partial charge in [0.1, 0.15) is 0 Å². The first kappa shape index (κ1) is 61.2. The molecule has 0 aliphatic rings. The van der Waals surface area contributed by atoms with Crippen molar-refractivity contribution in [2.75, 3.05) is 0 Å². The van der Waals surface area contributed by atoms with Crippen molar-refractivity contribution in [1.82, 2.24) is 5.32 Å². The summed E-state index contributed by atoms with van der Waals surface area (Å²) in [5, 5.41) is 3.33. The van der Waals surface area contributed by atoms with E-state index in [1.165, 1.54) is 56.9 Å². The van der Waals surface area contributed by atoms with Crippen LogP contribution in [0.15, 0.2) is 28.8 Å². The Hall–Kier alpha value is -1.05. The Morgan fingerprint density at radius 2 is 0.906 bits per heavy atom. The fourth-order valence-corrected chi connectivity index (χ4v) is 5.50. The van der Waals surface area contributed by atoms with E-state index in [4.69, 9.17) is 0 Å². The minimum absolute atomic E-state index is 0.0162. The van der Waals surface area contributed by atoms with Crippen LogP contribution in [0.5, 0.6) is 0 Å². The van der Waals surface area contributed by atoms with E-state index in [9.17, 15) is 0 Å². The van der Waals surface area contributed by atoms with Crippen LogP contribution in [-0.2, 0) is 0 Å². The molecule has 1 unspecified atom stereocenters. The lowest BCUT2D eigenvalue weighted by molar-refractivity contribution is 0.260. The van der Waals surface area contributed by atoms with Crippen molar-refractivity contribution < 1.29 is 0 Å². The van der Waals surface area contributed by atoms with Crippen LogP contribution in [0.4, 0.5) is 0 Å². The molecule has 0 radical (unpaired) electrons.